The van der Waals surface area contributed by atoms with Crippen LogP contribution in [0.25, 0.3) is 0 Å². The molecule has 0 aromatic heterocycles. The number of benzene rings is 1. The van der Waals surface area contributed by atoms with Gasteiger partial charge in [-0.2, -0.15) is 8.42 Å². The van der Waals surface area contributed by atoms with E-state index < -0.39 is 33.7 Å². The van der Waals surface area contributed by atoms with Crippen LogP contribution in [0.5, 0.6) is 5.75 Å². The zero-order valence-electron chi connectivity index (χ0n) is 19.6. The van der Waals surface area contributed by atoms with Gasteiger partial charge in [0.1, 0.15) is 19.0 Å². The highest BCUT2D eigenvalue weighted by molar-refractivity contribution is 7.87. The van der Waals surface area contributed by atoms with E-state index >= 15 is 0 Å². The van der Waals surface area contributed by atoms with Crippen molar-refractivity contribution in [1.82, 2.24) is 0 Å². The third-order valence-corrected chi connectivity index (χ3v) is 6.15. The van der Waals surface area contributed by atoms with Crippen molar-refractivity contribution in [3.05, 3.63) is 30.3 Å². The molecule has 0 spiro atoms. The lowest BCUT2D eigenvalue weighted by Crippen LogP contribution is -2.34. The Hall–Kier alpha value is -2.13. The Morgan fingerprint density at radius 3 is 1.97 bits per heavy atom. The fraction of sp³-hybridized carbons (Fsp3) is 0.667. The minimum atomic E-state index is -4.80. The van der Waals surface area contributed by atoms with Gasteiger partial charge in [0.15, 0.2) is 5.25 Å². The highest BCUT2D eigenvalue weighted by atomic mass is 32.2. The summed E-state index contributed by atoms with van der Waals surface area (Å²) >= 11 is 0. The fourth-order valence-electron chi connectivity index (χ4n) is 3.21. The maximum absolute atomic E-state index is 12.1. The molecule has 0 aliphatic heterocycles. The topological polar surface area (TPSA) is 116 Å². The molecular formula is C24H38O8S. The summed E-state index contributed by atoms with van der Waals surface area (Å²) in [5.41, 5.74) is 0. The molecule has 1 atom stereocenters. The van der Waals surface area contributed by atoms with E-state index in [9.17, 15) is 22.6 Å². The van der Waals surface area contributed by atoms with Crippen LogP contribution in [0.3, 0.4) is 0 Å². The molecule has 1 N–H and O–H groups in total. The number of ether oxygens (including phenoxy) is 3. The minimum absolute atomic E-state index is 0.0430. The van der Waals surface area contributed by atoms with Crippen LogP contribution in [0.4, 0.5) is 0 Å². The van der Waals surface area contributed by atoms with E-state index in [0.717, 1.165) is 19.3 Å². The van der Waals surface area contributed by atoms with Crippen LogP contribution in [0.1, 0.15) is 77.6 Å². The van der Waals surface area contributed by atoms with Gasteiger partial charge in [-0.3, -0.25) is 14.1 Å². The Kier molecular flexibility index (Phi) is 15.2. The van der Waals surface area contributed by atoms with Crippen LogP contribution < -0.4 is 4.74 Å². The summed E-state index contributed by atoms with van der Waals surface area (Å²) < 4.78 is 47.7. The number of para-hydroxylation sites is 1. The molecule has 8 nitrogen and oxygen atoms in total. The third-order valence-electron chi connectivity index (χ3n) is 5.08. The zero-order valence-corrected chi connectivity index (χ0v) is 20.4. The van der Waals surface area contributed by atoms with E-state index in [1.54, 1.807) is 24.3 Å². The summed E-state index contributed by atoms with van der Waals surface area (Å²) in [6.07, 6.45) is 10.3. The summed E-state index contributed by atoms with van der Waals surface area (Å²) in [5.74, 6) is -1.49. The molecule has 33 heavy (non-hydrogen) atoms. The van der Waals surface area contributed by atoms with Crippen molar-refractivity contribution in [2.45, 2.75) is 82.8 Å². The van der Waals surface area contributed by atoms with Crippen LogP contribution in [-0.2, 0) is 29.2 Å². The quantitative estimate of drug-likeness (QED) is 0.170. The van der Waals surface area contributed by atoms with Gasteiger partial charge in [-0.25, -0.2) is 0 Å². The number of carbonyl (C=O) groups excluding carboxylic acids is 2. The number of hydrogen-bond acceptors (Lipinski definition) is 7. The van der Waals surface area contributed by atoms with Gasteiger partial charge in [-0.1, -0.05) is 82.9 Å². The molecule has 0 aliphatic carbocycles. The first-order valence-corrected chi connectivity index (χ1v) is 13.3. The van der Waals surface area contributed by atoms with E-state index in [-0.39, 0.29) is 19.8 Å². The molecule has 0 saturated carbocycles. The molecule has 1 aromatic rings. The van der Waals surface area contributed by atoms with E-state index in [1.807, 2.05) is 6.07 Å². The minimum Gasteiger partial charge on any atom is -0.490 e. The van der Waals surface area contributed by atoms with Crippen molar-refractivity contribution in [3.63, 3.8) is 0 Å². The average Bonchev–Trinajstić information content (AvgIpc) is 2.78. The van der Waals surface area contributed by atoms with Gasteiger partial charge < -0.3 is 14.2 Å². The van der Waals surface area contributed by atoms with Crippen LogP contribution in [-0.4, -0.2) is 50.0 Å². The van der Waals surface area contributed by atoms with Gasteiger partial charge in [0.25, 0.3) is 10.1 Å². The van der Waals surface area contributed by atoms with Gasteiger partial charge >= 0.3 is 11.9 Å². The summed E-state index contributed by atoms with van der Waals surface area (Å²) in [6.45, 7) is 2.18. The van der Waals surface area contributed by atoms with Crippen LogP contribution in [0.2, 0.25) is 0 Å². The van der Waals surface area contributed by atoms with E-state index in [4.69, 9.17) is 14.2 Å². The number of hydrogen-bond donors (Lipinski definition) is 1. The van der Waals surface area contributed by atoms with Crippen molar-refractivity contribution in [1.29, 1.82) is 0 Å². The molecular weight excluding hydrogens is 448 g/mol. The van der Waals surface area contributed by atoms with Crippen LogP contribution in [0, 0.1) is 0 Å². The predicted molar refractivity (Wildman–Crippen MR) is 126 cm³/mol. The molecule has 1 aromatic carbocycles. The SMILES string of the molecule is CCCCCCCCCCCCOC(=O)C(CC(=O)OCCOc1ccccc1)S(=O)(=O)O. The van der Waals surface area contributed by atoms with Crippen molar-refractivity contribution >= 4 is 22.1 Å². The first-order valence-electron chi connectivity index (χ1n) is 11.8. The maximum Gasteiger partial charge on any atom is 0.327 e. The lowest BCUT2D eigenvalue weighted by Gasteiger charge is -2.13. The summed E-state index contributed by atoms with van der Waals surface area (Å²) in [5, 5.41) is -2.00. The van der Waals surface area contributed by atoms with E-state index in [0.29, 0.717) is 12.2 Å². The molecule has 188 valence electrons. The van der Waals surface area contributed by atoms with Gasteiger partial charge in [0, 0.05) is 0 Å². The van der Waals surface area contributed by atoms with Crippen molar-refractivity contribution in [3.8, 4) is 5.75 Å². The second kappa shape index (κ2) is 17.4. The highest BCUT2D eigenvalue weighted by Crippen LogP contribution is 2.12. The second-order valence-corrected chi connectivity index (χ2v) is 9.54. The summed E-state index contributed by atoms with van der Waals surface area (Å²) in [6, 6.07) is 8.89. The number of carbonyl (C=O) groups is 2. The molecule has 1 unspecified atom stereocenters. The Labute approximate surface area is 197 Å². The van der Waals surface area contributed by atoms with Gasteiger partial charge in [-0.05, 0) is 18.6 Å². The first kappa shape index (κ1) is 28.9. The number of unbranched alkanes of at least 4 members (excludes halogenated alkanes) is 9. The first-order chi connectivity index (χ1) is 15.8. The fourth-order valence-corrected chi connectivity index (χ4v) is 3.87. The highest BCUT2D eigenvalue weighted by Gasteiger charge is 2.35. The van der Waals surface area contributed by atoms with E-state index in [1.165, 1.54) is 38.5 Å². The van der Waals surface area contributed by atoms with Gasteiger partial charge in [-0.15, -0.1) is 0 Å². The lowest BCUT2D eigenvalue weighted by atomic mass is 10.1. The zero-order chi connectivity index (χ0) is 24.4. The number of esters is 2. The van der Waals surface area contributed by atoms with Crippen LogP contribution >= 0.6 is 0 Å². The smallest absolute Gasteiger partial charge is 0.327 e. The Morgan fingerprint density at radius 1 is 0.818 bits per heavy atom. The van der Waals surface area contributed by atoms with E-state index in [2.05, 4.69) is 6.92 Å². The Balaban J connectivity index is 2.21. The monoisotopic (exact) mass is 486 g/mol. The summed E-state index contributed by atoms with van der Waals surface area (Å²) in [4.78, 5) is 24.0. The number of rotatable bonds is 19. The second-order valence-electron chi connectivity index (χ2n) is 7.94. The Bertz CT molecular complexity index is 764. The van der Waals surface area contributed by atoms with Gasteiger partial charge in [0.05, 0.1) is 13.0 Å². The molecule has 0 radical (unpaired) electrons. The standard InChI is InChI=1S/C24H38O8S/c1-2-3-4-5-6-7-8-9-10-14-17-32-24(26)22(33(27,28)29)20-23(25)31-19-18-30-21-15-12-11-13-16-21/h11-13,15-16,22H,2-10,14,17-20H2,1H3,(H,27,28,29). The largest absolute Gasteiger partial charge is 0.490 e. The Morgan fingerprint density at radius 2 is 1.39 bits per heavy atom. The molecule has 0 aliphatic rings. The van der Waals surface area contributed by atoms with Crippen LogP contribution in [0.15, 0.2) is 30.3 Å². The molecule has 0 bridgehead atoms. The molecule has 1 rings (SSSR count). The predicted octanol–water partition coefficient (Wildman–Crippen LogP) is 4.72. The normalized spacial score (nSPS) is 12.2. The maximum atomic E-state index is 12.1. The van der Waals surface area contributed by atoms with Gasteiger partial charge in [0.2, 0.25) is 0 Å². The summed E-state index contributed by atoms with van der Waals surface area (Å²) in [7, 11) is -4.80. The average molecular weight is 487 g/mol. The molecule has 0 amide bonds. The van der Waals surface area contributed by atoms with Crippen molar-refractivity contribution in [2.24, 2.45) is 0 Å². The molecule has 0 fully saturated rings. The molecule has 0 saturated heterocycles. The molecule has 9 heteroatoms. The van der Waals surface area contributed by atoms with Crippen molar-refractivity contribution < 1.29 is 36.8 Å². The lowest BCUT2D eigenvalue weighted by molar-refractivity contribution is -0.150. The third kappa shape index (κ3) is 14.6. The molecule has 0 heterocycles. The van der Waals surface area contributed by atoms with Crippen molar-refractivity contribution in [2.75, 3.05) is 19.8 Å².